The van der Waals surface area contributed by atoms with Crippen molar-refractivity contribution in [3.05, 3.63) is 53.1 Å². The van der Waals surface area contributed by atoms with Crippen LogP contribution in [0.5, 0.6) is 0 Å². The predicted molar refractivity (Wildman–Crippen MR) is 84.8 cm³/mol. The standard InChI is InChI=1S/C16H17FN2O4S/c1-2-19-9-12(8-15(19)16(20)21)24(22,23)18-14-6-3-10-7-11(17)4-5-13(10)14/h4-5,7-9,14,18H,2-3,6H2,1H3,(H,20,21). The molecular weight excluding hydrogens is 335 g/mol. The summed E-state index contributed by atoms with van der Waals surface area (Å²) in [4.78, 5) is 11.1. The predicted octanol–water partition coefficient (Wildman–Crippen LogP) is 2.31. The van der Waals surface area contributed by atoms with Crippen molar-refractivity contribution >= 4 is 16.0 Å². The van der Waals surface area contributed by atoms with E-state index in [2.05, 4.69) is 4.72 Å². The molecule has 1 aromatic heterocycles. The minimum atomic E-state index is -3.87. The number of halogens is 1. The van der Waals surface area contributed by atoms with Crippen molar-refractivity contribution in [1.82, 2.24) is 9.29 Å². The van der Waals surface area contributed by atoms with Gasteiger partial charge in [0.25, 0.3) is 0 Å². The molecule has 0 aliphatic heterocycles. The number of nitrogens with one attached hydrogen (secondary N) is 1. The molecular formula is C16H17FN2O4S. The second kappa shape index (κ2) is 6.03. The molecule has 1 aliphatic rings. The maximum Gasteiger partial charge on any atom is 0.352 e. The van der Waals surface area contributed by atoms with Gasteiger partial charge in [-0.05, 0) is 49.1 Å². The van der Waals surface area contributed by atoms with Crippen LogP contribution in [0.4, 0.5) is 4.39 Å². The number of fused-ring (bicyclic) bond motifs is 1. The third-order valence-electron chi connectivity index (χ3n) is 4.22. The molecule has 1 atom stereocenters. The molecule has 3 rings (SSSR count). The number of aromatic carboxylic acids is 1. The number of hydrogen-bond acceptors (Lipinski definition) is 3. The Morgan fingerprint density at radius 2 is 2.17 bits per heavy atom. The van der Waals surface area contributed by atoms with Gasteiger partial charge in [0.15, 0.2) is 0 Å². The maximum absolute atomic E-state index is 13.3. The second-order valence-electron chi connectivity index (χ2n) is 5.71. The van der Waals surface area contributed by atoms with Crippen LogP contribution >= 0.6 is 0 Å². The van der Waals surface area contributed by atoms with E-state index < -0.39 is 22.0 Å². The molecule has 0 saturated carbocycles. The highest BCUT2D eigenvalue weighted by atomic mass is 32.2. The van der Waals surface area contributed by atoms with Gasteiger partial charge in [0.2, 0.25) is 10.0 Å². The molecule has 0 bridgehead atoms. The molecule has 1 heterocycles. The summed E-state index contributed by atoms with van der Waals surface area (Å²) in [5.74, 6) is -1.52. The minimum Gasteiger partial charge on any atom is -0.477 e. The molecule has 0 radical (unpaired) electrons. The second-order valence-corrected chi connectivity index (χ2v) is 7.42. The number of hydrogen-bond donors (Lipinski definition) is 2. The van der Waals surface area contributed by atoms with Crippen LogP contribution in [0, 0.1) is 5.82 Å². The first-order chi connectivity index (χ1) is 11.3. The largest absolute Gasteiger partial charge is 0.477 e. The number of carboxylic acids is 1. The number of carbonyl (C=O) groups is 1. The van der Waals surface area contributed by atoms with Crippen molar-refractivity contribution in [2.45, 2.75) is 37.2 Å². The molecule has 6 nitrogen and oxygen atoms in total. The number of aryl methyl sites for hydroxylation is 2. The van der Waals surface area contributed by atoms with E-state index in [1.165, 1.54) is 22.9 Å². The van der Waals surface area contributed by atoms with Crippen molar-refractivity contribution in [2.24, 2.45) is 0 Å². The molecule has 1 aliphatic carbocycles. The Morgan fingerprint density at radius 3 is 2.79 bits per heavy atom. The van der Waals surface area contributed by atoms with Gasteiger partial charge in [0.1, 0.15) is 16.4 Å². The van der Waals surface area contributed by atoms with Crippen molar-refractivity contribution in [3.8, 4) is 0 Å². The summed E-state index contributed by atoms with van der Waals surface area (Å²) in [5, 5.41) is 9.14. The van der Waals surface area contributed by atoms with Crippen LogP contribution in [-0.4, -0.2) is 24.1 Å². The van der Waals surface area contributed by atoms with E-state index in [0.717, 1.165) is 17.2 Å². The smallest absolute Gasteiger partial charge is 0.352 e. The van der Waals surface area contributed by atoms with E-state index in [1.807, 2.05) is 0 Å². The zero-order chi connectivity index (χ0) is 17.5. The SMILES string of the molecule is CCn1cc(S(=O)(=O)NC2CCc3cc(F)ccc32)cc1C(=O)O. The van der Waals surface area contributed by atoms with Crippen molar-refractivity contribution in [1.29, 1.82) is 0 Å². The molecule has 0 spiro atoms. The number of carboxylic acid groups (broad SMARTS) is 1. The van der Waals surface area contributed by atoms with E-state index in [9.17, 15) is 17.6 Å². The summed E-state index contributed by atoms with van der Waals surface area (Å²) in [6, 6.07) is 5.02. The molecule has 0 fully saturated rings. The van der Waals surface area contributed by atoms with Crippen LogP contribution in [0.2, 0.25) is 0 Å². The van der Waals surface area contributed by atoms with Crippen molar-refractivity contribution in [3.63, 3.8) is 0 Å². The van der Waals surface area contributed by atoms with Gasteiger partial charge in [-0.15, -0.1) is 0 Å². The molecule has 128 valence electrons. The van der Waals surface area contributed by atoms with Crippen LogP contribution in [0.25, 0.3) is 0 Å². The molecule has 0 saturated heterocycles. The third-order valence-corrected chi connectivity index (χ3v) is 5.66. The summed E-state index contributed by atoms with van der Waals surface area (Å²) >= 11 is 0. The van der Waals surface area contributed by atoms with Gasteiger partial charge in [0, 0.05) is 18.8 Å². The molecule has 1 aromatic carbocycles. The average molecular weight is 352 g/mol. The monoisotopic (exact) mass is 352 g/mol. The van der Waals surface area contributed by atoms with E-state index in [1.54, 1.807) is 13.0 Å². The first-order valence-electron chi connectivity index (χ1n) is 7.56. The topological polar surface area (TPSA) is 88.4 Å². The van der Waals surface area contributed by atoms with Crippen LogP contribution in [0.15, 0.2) is 35.4 Å². The first kappa shape index (κ1) is 16.7. The zero-order valence-corrected chi connectivity index (χ0v) is 13.8. The molecule has 24 heavy (non-hydrogen) atoms. The Hall–Kier alpha value is -2.19. The number of aromatic nitrogens is 1. The third kappa shape index (κ3) is 2.94. The van der Waals surface area contributed by atoms with E-state index >= 15 is 0 Å². The van der Waals surface area contributed by atoms with Crippen molar-refractivity contribution in [2.75, 3.05) is 0 Å². The molecule has 2 aromatic rings. The van der Waals surface area contributed by atoms with Gasteiger partial charge >= 0.3 is 5.97 Å². The average Bonchev–Trinajstić information content (AvgIpc) is 3.11. The highest BCUT2D eigenvalue weighted by Gasteiger charge is 2.29. The van der Waals surface area contributed by atoms with Crippen LogP contribution in [-0.2, 0) is 23.0 Å². The number of benzene rings is 1. The normalized spacial score (nSPS) is 17.0. The first-order valence-corrected chi connectivity index (χ1v) is 9.04. The van der Waals surface area contributed by atoms with Gasteiger partial charge in [0.05, 0.1) is 0 Å². The quantitative estimate of drug-likeness (QED) is 0.864. The lowest BCUT2D eigenvalue weighted by Crippen LogP contribution is -2.27. The highest BCUT2D eigenvalue weighted by molar-refractivity contribution is 7.89. The van der Waals surface area contributed by atoms with Crippen LogP contribution in [0.1, 0.15) is 41.0 Å². The molecule has 0 amide bonds. The summed E-state index contributed by atoms with van der Waals surface area (Å²) in [6.45, 7) is 2.08. The van der Waals surface area contributed by atoms with Crippen molar-refractivity contribution < 1.29 is 22.7 Å². The lowest BCUT2D eigenvalue weighted by atomic mass is 10.1. The van der Waals surface area contributed by atoms with Crippen LogP contribution in [0.3, 0.4) is 0 Å². The fourth-order valence-corrected chi connectivity index (χ4v) is 4.32. The van der Waals surface area contributed by atoms with Crippen LogP contribution < -0.4 is 4.72 Å². The Balaban J connectivity index is 1.90. The van der Waals surface area contributed by atoms with E-state index in [-0.39, 0.29) is 16.4 Å². The Kier molecular flexibility index (Phi) is 4.18. The fourth-order valence-electron chi connectivity index (χ4n) is 3.04. The summed E-state index contributed by atoms with van der Waals surface area (Å²) in [7, 11) is -3.87. The molecule has 1 unspecified atom stereocenters. The van der Waals surface area contributed by atoms with Gasteiger partial charge in [-0.2, -0.15) is 0 Å². The number of rotatable bonds is 5. The zero-order valence-electron chi connectivity index (χ0n) is 13.0. The van der Waals surface area contributed by atoms with E-state index in [4.69, 9.17) is 5.11 Å². The van der Waals surface area contributed by atoms with E-state index in [0.29, 0.717) is 19.4 Å². The lowest BCUT2D eigenvalue weighted by molar-refractivity contribution is 0.0685. The fraction of sp³-hybridized carbons (Fsp3) is 0.312. The lowest BCUT2D eigenvalue weighted by Gasteiger charge is -2.13. The number of nitrogens with zero attached hydrogens (tertiary/aromatic N) is 1. The summed E-state index contributed by atoms with van der Waals surface area (Å²) < 4.78 is 42.4. The van der Waals surface area contributed by atoms with Gasteiger partial charge in [-0.3, -0.25) is 0 Å². The van der Waals surface area contributed by atoms with Gasteiger partial charge in [-0.1, -0.05) is 6.07 Å². The molecule has 2 N–H and O–H groups in total. The Morgan fingerprint density at radius 1 is 1.42 bits per heavy atom. The minimum absolute atomic E-state index is 0.0771. The summed E-state index contributed by atoms with van der Waals surface area (Å²) in [6.07, 6.45) is 2.45. The molecule has 8 heteroatoms. The maximum atomic E-state index is 13.3. The van der Waals surface area contributed by atoms with Gasteiger partial charge < -0.3 is 9.67 Å². The van der Waals surface area contributed by atoms with Gasteiger partial charge in [-0.25, -0.2) is 22.3 Å². The summed E-state index contributed by atoms with van der Waals surface area (Å²) in [5.41, 5.74) is 1.47. The number of sulfonamides is 1. The Labute approximate surface area is 139 Å². The Bertz CT molecular complexity index is 905. The highest BCUT2D eigenvalue weighted by Crippen LogP contribution is 2.33.